The third-order valence-electron chi connectivity index (χ3n) is 3.88. The van der Waals surface area contributed by atoms with Gasteiger partial charge >= 0.3 is 0 Å². The number of hydrogen-bond donors (Lipinski definition) is 0. The van der Waals surface area contributed by atoms with Crippen LogP contribution >= 0.6 is 11.8 Å². The Kier molecular flexibility index (Phi) is 5.76. The number of rotatable bonds is 6. The summed E-state index contributed by atoms with van der Waals surface area (Å²) >= 11 is 1.38. The highest BCUT2D eigenvalue weighted by molar-refractivity contribution is 8.00. The van der Waals surface area contributed by atoms with Crippen molar-refractivity contribution in [3.05, 3.63) is 29.3 Å². The van der Waals surface area contributed by atoms with Crippen LogP contribution in [-0.4, -0.2) is 49.4 Å². The number of carbonyl (C=O) groups excluding carboxylic acids is 1. The highest BCUT2D eigenvalue weighted by Crippen LogP contribution is 2.24. The molecule has 0 spiro atoms. The average molecular weight is 333 g/mol. The molecule has 2 aromatic rings. The normalized spacial score (nSPS) is 12.2. The Morgan fingerprint density at radius 3 is 2.57 bits per heavy atom. The van der Waals surface area contributed by atoms with Gasteiger partial charge in [-0.3, -0.25) is 4.79 Å². The zero-order valence-electron chi connectivity index (χ0n) is 14.3. The summed E-state index contributed by atoms with van der Waals surface area (Å²) < 4.78 is 1.68. The summed E-state index contributed by atoms with van der Waals surface area (Å²) in [5.74, 6) is 0.106. The summed E-state index contributed by atoms with van der Waals surface area (Å²) in [7, 11) is 0. The van der Waals surface area contributed by atoms with E-state index < -0.39 is 0 Å². The Balaban J connectivity index is 2.21. The highest BCUT2D eigenvalue weighted by Gasteiger charge is 2.22. The maximum Gasteiger partial charge on any atom is 0.235 e. The molecule has 0 saturated heterocycles. The number of thioether (sulfide) groups is 1. The zero-order valence-corrected chi connectivity index (χ0v) is 15.1. The molecule has 0 bridgehead atoms. The fraction of sp³-hybridized carbons (Fsp3) is 0.500. The lowest BCUT2D eigenvalue weighted by Crippen LogP contribution is -2.36. The predicted molar refractivity (Wildman–Crippen MR) is 91.9 cm³/mol. The van der Waals surface area contributed by atoms with E-state index in [-0.39, 0.29) is 11.2 Å². The molecular formula is C16H23N5OS. The van der Waals surface area contributed by atoms with Crippen LogP contribution in [0.4, 0.5) is 0 Å². The Morgan fingerprint density at radius 2 is 1.96 bits per heavy atom. The van der Waals surface area contributed by atoms with Gasteiger partial charge in [0.1, 0.15) is 0 Å². The minimum Gasteiger partial charge on any atom is -0.342 e. The van der Waals surface area contributed by atoms with Gasteiger partial charge in [0.05, 0.1) is 10.9 Å². The van der Waals surface area contributed by atoms with Gasteiger partial charge in [0.25, 0.3) is 0 Å². The second kappa shape index (κ2) is 7.59. The number of aromatic nitrogens is 4. The van der Waals surface area contributed by atoms with E-state index in [0.717, 1.165) is 5.69 Å². The van der Waals surface area contributed by atoms with Crippen LogP contribution in [0.15, 0.2) is 23.4 Å². The van der Waals surface area contributed by atoms with Crippen molar-refractivity contribution in [2.75, 3.05) is 13.1 Å². The van der Waals surface area contributed by atoms with Crippen LogP contribution in [0.5, 0.6) is 0 Å². The van der Waals surface area contributed by atoms with Crippen LogP contribution in [-0.2, 0) is 4.79 Å². The SMILES string of the molecule is CCN(CC)C(=O)C(C)Sc1nnnn1-c1ccc(C)c(C)c1. The van der Waals surface area contributed by atoms with E-state index in [4.69, 9.17) is 0 Å². The molecule has 1 aromatic heterocycles. The maximum absolute atomic E-state index is 12.4. The van der Waals surface area contributed by atoms with Crippen molar-refractivity contribution < 1.29 is 4.79 Å². The third kappa shape index (κ3) is 3.90. The molecule has 1 aromatic carbocycles. The summed E-state index contributed by atoms with van der Waals surface area (Å²) in [4.78, 5) is 14.2. The van der Waals surface area contributed by atoms with E-state index >= 15 is 0 Å². The number of aryl methyl sites for hydroxylation is 2. The number of amides is 1. The van der Waals surface area contributed by atoms with Crippen LogP contribution < -0.4 is 0 Å². The maximum atomic E-state index is 12.4. The molecule has 0 saturated carbocycles. The van der Waals surface area contributed by atoms with E-state index in [1.54, 1.807) is 4.68 Å². The number of tetrazole rings is 1. The quantitative estimate of drug-likeness (QED) is 0.760. The number of benzene rings is 1. The van der Waals surface area contributed by atoms with Crippen molar-refractivity contribution in [1.82, 2.24) is 25.1 Å². The van der Waals surface area contributed by atoms with Gasteiger partial charge in [0, 0.05) is 13.1 Å². The number of hydrogen-bond acceptors (Lipinski definition) is 5. The number of carbonyl (C=O) groups is 1. The fourth-order valence-electron chi connectivity index (χ4n) is 2.27. The van der Waals surface area contributed by atoms with Gasteiger partial charge in [0.15, 0.2) is 0 Å². The minimum atomic E-state index is -0.230. The zero-order chi connectivity index (χ0) is 17.0. The lowest BCUT2D eigenvalue weighted by molar-refractivity contribution is -0.129. The van der Waals surface area contributed by atoms with Gasteiger partial charge in [-0.25, -0.2) is 0 Å². The minimum absolute atomic E-state index is 0.106. The first-order valence-electron chi connectivity index (χ1n) is 7.79. The van der Waals surface area contributed by atoms with Gasteiger partial charge in [-0.1, -0.05) is 17.8 Å². The van der Waals surface area contributed by atoms with Gasteiger partial charge in [-0.15, -0.1) is 5.10 Å². The van der Waals surface area contributed by atoms with Crippen LogP contribution in [0.2, 0.25) is 0 Å². The molecule has 7 heteroatoms. The fourth-order valence-corrected chi connectivity index (χ4v) is 3.16. The van der Waals surface area contributed by atoms with Crippen LogP contribution in [0.3, 0.4) is 0 Å². The van der Waals surface area contributed by atoms with Gasteiger partial charge in [-0.05, 0) is 68.3 Å². The Hall–Kier alpha value is -1.89. The van der Waals surface area contributed by atoms with Crippen molar-refractivity contribution in [3.8, 4) is 5.69 Å². The highest BCUT2D eigenvalue weighted by atomic mass is 32.2. The molecule has 0 aliphatic carbocycles. The predicted octanol–water partition coefficient (Wildman–Crippen LogP) is 2.63. The first kappa shape index (κ1) is 17.5. The lowest BCUT2D eigenvalue weighted by atomic mass is 10.1. The molecule has 0 N–H and O–H groups in total. The van der Waals surface area contributed by atoms with E-state index in [1.165, 1.54) is 22.9 Å². The van der Waals surface area contributed by atoms with Crippen molar-refractivity contribution >= 4 is 17.7 Å². The van der Waals surface area contributed by atoms with Gasteiger partial charge in [-0.2, -0.15) is 4.68 Å². The van der Waals surface area contributed by atoms with E-state index in [9.17, 15) is 4.79 Å². The van der Waals surface area contributed by atoms with E-state index in [0.29, 0.717) is 18.2 Å². The summed E-state index contributed by atoms with van der Waals surface area (Å²) in [6.07, 6.45) is 0. The number of nitrogens with zero attached hydrogens (tertiary/aromatic N) is 5. The van der Waals surface area contributed by atoms with Crippen molar-refractivity contribution in [1.29, 1.82) is 0 Å². The largest absolute Gasteiger partial charge is 0.342 e. The summed E-state index contributed by atoms with van der Waals surface area (Å²) in [6, 6.07) is 6.08. The molecule has 2 rings (SSSR count). The first-order valence-corrected chi connectivity index (χ1v) is 8.67. The molecule has 0 radical (unpaired) electrons. The van der Waals surface area contributed by atoms with Crippen molar-refractivity contribution in [2.24, 2.45) is 0 Å². The smallest absolute Gasteiger partial charge is 0.235 e. The van der Waals surface area contributed by atoms with E-state index in [2.05, 4.69) is 29.4 Å². The Morgan fingerprint density at radius 1 is 1.26 bits per heavy atom. The monoisotopic (exact) mass is 333 g/mol. The molecule has 0 aliphatic heterocycles. The lowest BCUT2D eigenvalue weighted by Gasteiger charge is -2.22. The van der Waals surface area contributed by atoms with Crippen LogP contribution in [0.1, 0.15) is 31.9 Å². The second-order valence-electron chi connectivity index (χ2n) is 5.41. The summed E-state index contributed by atoms with van der Waals surface area (Å²) in [5, 5.41) is 12.3. The van der Waals surface area contributed by atoms with Gasteiger partial charge in [0.2, 0.25) is 11.1 Å². The first-order chi connectivity index (χ1) is 11.0. The van der Waals surface area contributed by atoms with Crippen molar-refractivity contribution in [2.45, 2.75) is 45.0 Å². The topological polar surface area (TPSA) is 63.9 Å². The standard InChI is InChI=1S/C16H23N5OS/c1-6-20(7-2)15(22)13(5)23-16-17-18-19-21(16)14-9-8-11(3)12(4)10-14/h8-10,13H,6-7H2,1-5H3. The molecule has 1 atom stereocenters. The summed E-state index contributed by atoms with van der Waals surface area (Å²) in [6.45, 7) is 11.4. The molecule has 1 amide bonds. The Bertz CT molecular complexity index is 681. The molecule has 1 heterocycles. The molecule has 23 heavy (non-hydrogen) atoms. The molecule has 6 nitrogen and oxygen atoms in total. The van der Waals surface area contributed by atoms with E-state index in [1.807, 2.05) is 43.9 Å². The van der Waals surface area contributed by atoms with Crippen LogP contribution in [0.25, 0.3) is 5.69 Å². The molecule has 124 valence electrons. The van der Waals surface area contributed by atoms with Gasteiger partial charge < -0.3 is 4.90 Å². The molecular weight excluding hydrogens is 310 g/mol. The third-order valence-corrected chi connectivity index (χ3v) is 4.90. The molecule has 1 unspecified atom stereocenters. The van der Waals surface area contributed by atoms with Crippen LogP contribution in [0, 0.1) is 13.8 Å². The molecule has 0 aliphatic rings. The second-order valence-corrected chi connectivity index (χ2v) is 6.72. The summed E-state index contributed by atoms with van der Waals surface area (Å²) in [5.41, 5.74) is 3.31. The average Bonchev–Trinajstić information content (AvgIpc) is 2.99. The Labute approximate surface area is 141 Å². The molecule has 0 fully saturated rings. The van der Waals surface area contributed by atoms with Crippen molar-refractivity contribution in [3.63, 3.8) is 0 Å².